The van der Waals surface area contributed by atoms with Crippen molar-refractivity contribution in [2.24, 2.45) is 0 Å². The molecule has 1 aliphatic rings. The third-order valence-electron chi connectivity index (χ3n) is 5.54. The third-order valence-corrected chi connectivity index (χ3v) is 5.54. The highest BCUT2D eigenvalue weighted by molar-refractivity contribution is 5.78. The van der Waals surface area contributed by atoms with Crippen molar-refractivity contribution < 1.29 is 0 Å². The SMILES string of the molecule is Nc1c(NN(c2ccccc2)c2ccccc2)ncnc1N1CCc2ccccc2C1. The normalized spacial score (nSPS) is 12.8. The first-order valence-corrected chi connectivity index (χ1v) is 10.4. The first-order valence-electron chi connectivity index (χ1n) is 10.4. The lowest BCUT2D eigenvalue weighted by atomic mass is 10.00. The Balaban J connectivity index is 1.47. The summed E-state index contributed by atoms with van der Waals surface area (Å²) >= 11 is 0. The molecule has 0 unspecified atom stereocenters. The lowest BCUT2D eigenvalue weighted by molar-refractivity contribution is 0.721. The smallest absolute Gasteiger partial charge is 0.173 e. The predicted octanol–water partition coefficient (Wildman–Crippen LogP) is 4.79. The molecule has 3 N–H and O–H groups in total. The second-order valence-corrected chi connectivity index (χ2v) is 7.52. The number of hydrogen-bond donors (Lipinski definition) is 2. The van der Waals surface area contributed by atoms with Crippen LogP contribution < -0.4 is 21.1 Å². The van der Waals surface area contributed by atoms with Crippen molar-refractivity contribution in [2.75, 3.05) is 27.6 Å². The topological polar surface area (TPSA) is 70.3 Å². The Hall–Kier alpha value is -4.06. The van der Waals surface area contributed by atoms with E-state index in [2.05, 4.69) is 44.6 Å². The van der Waals surface area contributed by atoms with Crippen LogP contribution in [0.25, 0.3) is 0 Å². The van der Waals surface area contributed by atoms with Gasteiger partial charge < -0.3 is 10.6 Å². The molecule has 0 saturated heterocycles. The standard InChI is InChI=1S/C25H24N6/c26-23-24(29-31(21-11-3-1-4-12-21)22-13-5-2-6-14-22)27-18-28-25(23)30-16-15-19-9-7-8-10-20(19)17-30/h1-14,18H,15-17,26H2,(H,27,28,29). The van der Waals surface area contributed by atoms with Gasteiger partial charge in [-0.05, 0) is 41.8 Å². The molecule has 0 amide bonds. The number of nitrogens with zero attached hydrogens (tertiary/aromatic N) is 4. The molecule has 0 spiro atoms. The molecule has 0 aliphatic carbocycles. The highest BCUT2D eigenvalue weighted by atomic mass is 15.5. The zero-order valence-corrected chi connectivity index (χ0v) is 17.1. The van der Waals surface area contributed by atoms with Crippen LogP contribution in [0.4, 0.5) is 28.7 Å². The minimum absolute atomic E-state index is 0.541. The fraction of sp³-hybridized carbons (Fsp3) is 0.120. The van der Waals surface area contributed by atoms with Gasteiger partial charge in [0.1, 0.15) is 12.0 Å². The summed E-state index contributed by atoms with van der Waals surface area (Å²) in [6.07, 6.45) is 2.55. The molecule has 6 heteroatoms. The van der Waals surface area contributed by atoms with E-state index in [4.69, 9.17) is 5.73 Å². The van der Waals surface area contributed by atoms with Crippen LogP contribution in [0.5, 0.6) is 0 Å². The number of rotatable bonds is 5. The van der Waals surface area contributed by atoms with Crippen LogP contribution in [0.15, 0.2) is 91.3 Å². The molecule has 154 valence electrons. The summed E-state index contributed by atoms with van der Waals surface area (Å²) in [5, 5.41) is 1.98. The van der Waals surface area contributed by atoms with Gasteiger partial charge in [0, 0.05) is 13.1 Å². The van der Waals surface area contributed by atoms with Crippen LogP contribution in [0.2, 0.25) is 0 Å². The van der Waals surface area contributed by atoms with Gasteiger partial charge in [-0.2, -0.15) is 0 Å². The van der Waals surface area contributed by atoms with Gasteiger partial charge in [-0.1, -0.05) is 60.7 Å². The lowest BCUT2D eigenvalue weighted by Crippen LogP contribution is -2.32. The molecule has 5 rings (SSSR count). The van der Waals surface area contributed by atoms with Crippen LogP contribution in [0.1, 0.15) is 11.1 Å². The van der Waals surface area contributed by atoms with E-state index in [0.717, 1.165) is 36.7 Å². The Labute approximate surface area is 182 Å². The van der Waals surface area contributed by atoms with E-state index in [0.29, 0.717) is 11.5 Å². The van der Waals surface area contributed by atoms with Crippen molar-refractivity contribution in [3.05, 3.63) is 102 Å². The number of nitrogens with one attached hydrogen (secondary N) is 1. The third kappa shape index (κ3) is 3.88. The number of nitrogen functional groups attached to an aromatic ring is 1. The molecule has 6 nitrogen and oxygen atoms in total. The Bertz CT molecular complexity index is 1120. The molecule has 1 aliphatic heterocycles. The average Bonchev–Trinajstić information content (AvgIpc) is 2.84. The molecule has 3 aromatic carbocycles. The largest absolute Gasteiger partial charge is 0.393 e. The van der Waals surface area contributed by atoms with E-state index >= 15 is 0 Å². The maximum absolute atomic E-state index is 6.58. The second kappa shape index (κ2) is 8.36. The fourth-order valence-electron chi connectivity index (χ4n) is 3.94. The van der Waals surface area contributed by atoms with E-state index in [1.807, 2.05) is 65.7 Å². The van der Waals surface area contributed by atoms with E-state index in [9.17, 15) is 0 Å². The highest BCUT2D eigenvalue weighted by Crippen LogP contribution is 2.33. The first kappa shape index (κ1) is 18.9. The Morgan fingerprint density at radius 2 is 1.39 bits per heavy atom. The van der Waals surface area contributed by atoms with Crippen LogP contribution >= 0.6 is 0 Å². The predicted molar refractivity (Wildman–Crippen MR) is 126 cm³/mol. The van der Waals surface area contributed by atoms with Gasteiger partial charge in [-0.25, -0.2) is 9.97 Å². The number of para-hydroxylation sites is 2. The summed E-state index contributed by atoms with van der Waals surface area (Å²) in [5.74, 6) is 1.34. The summed E-state index contributed by atoms with van der Waals surface area (Å²) in [4.78, 5) is 11.2. The summed E-state index contributed by atoms with van der Waals surface area (Å²) in [6, 6.07) is 28.7. The monoisotopic (exact) mass is 408 g/mol. The minimum atomic E-state index is 0.541. The lowest BCUT2D eigenvalue weighted by Gasteiger charge is -2.31. The van der Waals surface area contributed by atoms with Crippen LogP contribution in [-0.2, 0) is 13.0 Å². The van der Waals surface area contributed by atoms with Crippen molar-refractivity contribution in [1.29, 1.82) is 0 Å². The average molecular weight is 409 g/mol. The number of benzene rings is 3. The first-order chi connectivity index (χ1) is 15.3. The molecular weight excluding hydrogens is 384 g/mol. The van der Waals surface area contributed by atoms with Gasteiger partial charge >= 0.3 is 0 Å². The number of nitrogens with two attached hydrogens (primary N) is 1. The number of anilines is 5. The molecule has 0 radical (unpaired) electrons. The molecule has 2 heterocycles. The van der Waals surface area contributed by atoms with Gasteiger partial charge in [0.15, 0.2) is 11.6 Å². The number of hydrazine groups is 1. The molecule has 0 bridgehead atoms. The number of hydrogen-bond acceptors (Lipinski definition) is 6. The van der Waals surface area contributed by atoms with Crippen LogP contribution in [0, 0.1) is 0 Å². The minimum Gasteiger partial charge on any atom is -0.393 e. The quantitative estimate of drug-likeness (QED) is 0.463. The zero-order valence-electron chi connectivity index (χ0n) is 17.1. The van der Waals surface area contributed by atoms with Crippen molar-refractivity contribution in [1.82, 2.24) is 9.97 Å². The van der Waals surface area contributed by atoms with Crippen molar-refractivity contribution in [3.8, 4) is 0 Å². The molecule has 0 fully saturated rings. The van der Waals surface area contributed by atoms with Gasteiger partial charge in [-0.15, -0.1) is 0 Å². The Kier molecular flexibility index (Phi) is 5.10. The van der Waals surface area contributed by atoms with Crippen LogP contribution in [0.3, 0.4) is 0 Å². The summed E-state index contributed by atoms with van der Waals surface area (Å²) < 4.78 is 0. The second-order valence-electron chi connectivity index (χ2n) is 7.52. The Morgan fingerprint density at radius 1 is 0.774 bits per heavy atom. The highest BCUT2D eigenvalue weighted by Gasteiger charge is 2.21. The number of fused-ring (bicyclic) bond motifs is 1. The fourth-order valence-corrected chi connectivity index (χ4v) is 3.94. The summed E-state index contributed by atoms with van der Waals surface area (Å²) in [6.45, 7) is 1.66. The van der Waals surface area contributed by atoms with E-state index in [1.54, 1.807) is 6.33 Å². The molecule has 31 heavy (non-hydrogen) atoms. The van der Waals surface area contributed by atoms with Gasteiger partial charge in [0.25, 0.3) is 0 Å². The molecule has 0 atom stereocenters. The maximum atomic E-state index is 6.58. The maximum Gasteiger partial charge on any atom is 0.173 e. The molecule has 1 aromatic heterocycles. The van der Waals surface area contributed by atoms with E-state index in [1.165, 1.54) is 11.1 Å². The van der Waals surface area contributed by atoms with Gasteiger partial charge in [0.2, 0.25) is 0 Å². The van der Waals surface area contributed by atoms with Gasteiger partial charge in [-0.3, -0.25) is 10.4 Å². The molecule has 4 aromatic rings. The number of aromatic nitrogens is 2. The van der Waals surface area contributed by atoms with Crippen LogP contribution in [-0.4, -0.2) is 16.5 Å². The summed E-state index contributed by atoms with van der Waals surface area (Å²) in [7, 11) is 0. The molecular formula is C25H24N6. The Morgan fingerprint density at radius 3 is 2.06 bits per heavy atom. The summed E-state index contributed by atoms with van der Waals surface area (Å²) in [5.41, 5.74) is 15.2. The van der Waals surface area contributed by atoms with Crippen molar-refractivity contribution in [3.63, 3.8) is 0 Å². The van der Waals surface area contributed by atoms with Crippen molar-refractivity contribution in [2.45, 2.75) is 13.0 Å². The van der Waals surface area contributed by atoms with E-state index in [-0.39, 0.29) is 0 Å². The van der Waals surface area contributed by atoms with Gasteiger partial charge in [0.05, 0.1) is 11.4 Å². The van der Waals surface area contributed by atoms with Crippen molar-refractivity contribution >= 4 is 28.7 Å². The van der Waals surface area contributed by atoms with E-state index < -0.39 is 0 Å². The molecule has 0 saturated carbocycles. The zero-order chi connectivity index (χ0) is 21.0.